The average molecular weight is 393 g/mol. The largest absolute Gasteiger partial charge is 0.521 e. The number of aromatic nitrogens is 3. The zero-order valence-corrected chi connectivity index (χ0v) is 17.8. The van der Waals surface area contributed by atoms with Crippen LogP contribution in [0.5, 0.6) is 0 Å². The molecule has 24 heavy (non-hydrogen) atoms. The van der Waals surface area contributed by atoms with E-state index in [1.54, 1.807) is 23.5 Å². The van der Waals surface area contributed by atoms with Crippen molar-refractivity contribution in [2.45, 2.75) is 44.9 Å². The van der Waals surface area contributed by atoms with Gasteiger partial charge in [-0.15, -0.1) is 0 Å². The second-order valence-corrected chi connectivity index (χ2v) is 9.47. The molecule has 0 radical (unpaired) electrons. The Morgan fingerprint density at radius 3 is 1.62 bits per heavy atom. The fraction of sp³-hybridized carbons (Fsp3) is 0.786. The first-order valence-corrected chi connectivity index (χ1v) is 12.2. The Morgan fingerprint density at radius 2 is 1.25 bits per heavy atom. The summed E-state index contributed by atoms with van der Waals surface area (Å²) in [7, 11) is -2.78. The number of hydrogen-bond donors (Lipinski definition) is 1. The predicted octanol–water partition coefficient (Wildman–Crippen LogP) is 3.10. The quantitative estimate of drug-likeness (QED) is 0.402. The molecule has 0 amide bonds. The first-order valence-electron chi connectivity index (χ1n) is 8.30. The summed E-state index contributed by atoms with van der Waals surface area (Å²) < 4.78 is 17.5. The molecule has 138 valence electrons. The van der Waals surface area contributed by atoms with Crippen molar-refractivity contribution in [2.24, 2.45) is 0 Å². The molecule has 1 heterocycles. The molecule has 1 rings (SSSR count). The minimum absolute atomic E-state index is 0.430. The maximum absolute atomic E-state index is 5.84. The molecule has 0 fully saturated rings. The summed E-state index contributed by atoms with van der Waals surface area (Å²) in [4.78, 5) is 13.4. The van der Waals surface area contributed by atoms with E-state index < -0.39 is 8.80 Å². The smallest absolute Gasteiger partial charge is 0.373 e. The molecular weight excluding hydrogens is 364 g/mol. The molecule has 10 heteroatoms. The minimum Gasteiger partial charge on any atom is -0.373 e. The minimum atomic E-state index is -2.78. The van der Waals surface area contributed by atoms with Crippen molar-refractivity contribution < 1.29 is 13.3 Å². The van der Waals surface area contributed by atoms with Gasteiger partial charge in [0.2, 0.25) is 5.95 Å². The number of nitrogens with one attached hydrogen (secondary N) is 1. The van der Waals surface area contributed by atoms with E-state index in [0.717, 1.165) is 21.8 Å². The van der Waals surface area contributed by atoms with Crippen LogP contribution in [0.3, 0.4) is 0 Å². The molecule has 0 aliphatic heterocycles. The van der Waals surface area contributed by atoms with Crippen LogP contribution >= 0.6 is 23.5 Å². The molecule has 0 aliphatic rings. The topological polar surface area (TPSA) is 78.4 Å². The van der Waals surface area contributed by atoms with Crippen LogP contribution in [0.2, 0.25) is 0 Å². The first-order chi connectivity index (χ1) is 11.6. The standard InChI is InChI=1S/C14H28N4O3S2Si/c1-6-19-24(20-7-2,21-8-3)11-15-12-16-13(22-9-4)18-14(17-12)23-10-5/h6-11H2,1-5H3,(H,15,16,17,18). The molecule has 0 saturated heterocycles. The van der Waals surface area contributed by atoms with Crippen molar-refractivity contribution >= 4 is 38.3 Å². The maximum Gasteiger partial charge on any atom is 0.521 e. The number of rotatable bonds is 13. The molecule has 0 unspecified atom stereocenters. The summed E-state index contributed by atoms with van der Waals surface area (Å²) in [5, 5.41) is 4.68. The van der Waals surface area contributed by atoms with Crippen molar-refractivity contribution in [1.82, 2.24) is 15.0 Å². The molecule has 7 nitrogen and oxygen atoms in total. The van der Waals surface area contributed by atoms with Gasteiger partial charge < -0.3 is 18.6 Å². The fourth-order valence-corrected chi connectivity index (χ4v) is 5.36. The molecule has 0 spiro atoms. The second kappa shape index (κ2) is 12.0. The van der Waals surface area contributed by atoms with Crippen molar-refractivity contribution in [3.8, 4) is 0 Å². The Hall–Kier alpha value is -0.393. The number of anilines is 1. The zero-order chi connectivity index (χ0) is 17.8. The van der Waals surface area contributed by atoms with Gasteiger partial charge in [-0.05, 0) is 32.3 Å². The Bertz CT molecular complexity index is 444. The first kappa shape index (κ1) is 21.6. The van der Waals surface area contributed by atoms with Crippen LogP contribution in [0.15, 0.2) is 10.3 Å². The van der Waals surface area contributed by atoms with Gasteiger partial charge in [0, 0.05) is 19.8 Å². The summed E-state index contributed by atoms with van der Waals surface area (Å²) in [5.74, 6) is 2.36. The number of hydrogen-bond acceptors (Lipinski definition) is 9. The normalized spacial score (nSPS) is 11.7. The van der Waals surface area contributed by atoms with Gasteiger partial charge in [-0.25, -0.2) is 0 Å². The van der Waals surface area contributed by atoms with Crippen LogP contribution in [-0.2, 0) is 13.3 Å². The van der Waals surface area contributed by atoms with Crippen LogP contribution < -0.4 is 5.32 Å². The van der Waals surface area contributed by atoms with Gasteiger partial charge in [0.25, 0.3) is 0 Å². The van der Waals surface area contributed by atoms with E-state index in [9.17, 15) is 0 Å². The third-order valence-corrected chi connectivity index (χ3v) is 6.95. The van der Waals surface area contributed by atoms with Crippen molar-refractivity contribution in [3.05, 3.63) is 0 Å². The lowest BCUT2D eigenvalue weighted by Crippen LogP contribution is -2.52. The Kier molecular flexibility index (Phi) is 10.9. The summed E-state index contributed by atoms with van der Waals surface area (Å²) in [5.41, 5.74) is 0. The number of nitrogens with zero attached hydrogens (tertiary/aromatic N) is 3. The molecule has 1 aromatic rings. The van der Waals surface area contributed by atoms with E-state index in [-0.39, 0.29) is 0 Å². The van der Waals surface area contributed by atoms with E-state index in [2.05, 4.69) is 34.1 Å². The molecule has 0 aromatic carbocycles. The highest BCUT2D eigenvalue weighted by Gasteiger charge is 2.40. The van der Waals surface area contributed by atoms with Crippen LogP contribution in [0.4, 0.5) is 5.95 Å². The van der Waals surface area contributed by atoms with E-state index in [4.69, 9.17) is 13.3 Å². The van der Waals surface area contributed by atoms with Crippen LogP contribution in [0.25, 0.3) is 0 Å². The lowest BCUT2D eigenvalue weighted by Gasteiger charge is -2.28. The van der Waals surface area contributed by atoms with Gasteiger partial charge in [-0.2, -0.15) is 15.0 Å². The molecule has 0 saturated carbocycles. The van der Waals surface area contributed by atoms with Crippen molar-refractivity contribution in [2.75, 3.05) is 42.8 Å². The summed E-state index contributed by atoms with van der Waals surface area (Å²) in [6.45, 7) is 11.6. The fourth-order valence-electron chi connectivity index (χ4n) is 1.93. The summed E-state index contributed by atoms with van der Waals surface area (Å²) >= 11 is 3.19. The van der Waals surface area contributed by atoms with Gasteiger partial charge in [0.15, 0.2) is 10.3 Å². The van der Waals surface area contributed by atoms with Gasteiger partial charge in [0.1, 0.15) is 0 Å². The van der Waals surface area contributed by atoms with E-state index in [1.165, 1.54) is 0 Å². The number of thioether (sulfide) groups is 2. The van der Waals surface area contributed by atoms with Gasteiger partial charge >= 0.3 is 8.80 Å². The third-order valence-electron chi connectivity index (χ3n) is 2.70. The van der Waals surface area contributed by atoms with E-state index in [1.807, 2.05) is 20.8 Å². The maximum atomic E-state index is 5.84. The Labute approximate surface area is 154 Å². The predicted molar refractivity (Wildman–Crippen MR) is 102 cm³/mol. The van der Waals surface area contributed by atoms with Crippen LogP contribution in [0.1, 0.15) is 34.6 Å². The third kappa shape index (κ3) is 7.24. The highest BCUT2D eigenvalue weighted by molar-refractivity contribution is 7.99. The molecule has 0 bridgehead atoms. The molecule has 0 atom stereocenters. The van der Waals surface area contributed by atoms with Crippen molar-refractivity contribution in [1.29, 1.82) is 0 Å². The molecular formula is C14H28N4O3S2Si. The summed E-state index contributed by atoms with van der Waals surface area (Å²) in [6, 6.07) is 0. The SMILES string of the molecule is CCO[Si](CNc1nc(SCC)nc(SCC)n1)(OCC)OCC. The van der Waals surface area contributed by atoms with E-state index in [0.29, 0.717) is 31.9 Å². The molecule has 0 aliphatic carbocycles. The van der Waals surface area contributed by atoms with Crippen molar-refractivity contribution in [3.63, 3.8) is 0 Å². The average Bonchev–Trinajstić information content (AvgIpc) is 2.54. The van der Waals surface area contributed by atoms with Gasteiger partial charge in [0.05, 0.1) is 6.17 Å². The Balaban J connectivity index is 2.91. The van der Waals surface area contributed by atoms with Gasteiger partial charge in [-0.1, -0.05) is 37.4 Å². The highest BCUT2D eigenvalue weighted by Crippen LogP contribution is 2.20. The van der Waals surface area contributed by atoms with E-state index >= 15 is 0 Å². The zero-order valence-electron chi connectivity index (χ0n) is 15.1. The molecule has 1 N–H and O–H groups in total. The van der Waals surface area contributed by atoms with Crippen LogP contribution in [0, 0.1) is 0 Å². The van der Waals surface area contributed by atoms with Gasteiger partial charge in [-0.3, -0.25) is 0 Å². The second-order valence-electron chi connectivity index (χ2n) is 4.43. The monoisotopic (exact) mass is 392 g/mol. The highest BCUT2D eigenvalue weighted by atomic mass is 32.2. The van der Waals surface area contributed by atoms with Crippen LogP contribution in [-0.4, -0.2) is 61.3 Å². The molecule has 1 aromatic heterocycles. The lowest BCUT2D eigenvalue weighted by atomic mass is 10.9. The Morgan fingerprint density at radius 1 is 0.792 bits per heavy atom. The summed E-state index contributed by atoms with van der Waals surface area (Å²) in [6.07, 6.45) is 0.430. The lowest BCUT2D eigenvalue weighted by molar-refractivity contribution is 0.0740.